The molecular formula is C27H27NO3. The molecule has 0 aliphatic heterocycles. The maximum absolute atomic E-state index is 12.6. The van der Waals surface area contributed by atoms with Gasteiger partial charge in [0.05, 0.1) is 6.61 Å². The van der Waals surface area contributed by atoms with Gasteiger partial charge in [0.2, 0.25) is 0 Å². The summed E-state index contributed by atoms with van der Waals surface area (Å²) in [5.41, 5.74) is 5.74. The lowest BCUT2D eigenvalue weighted by Crippen LogP contribution is -2.50. The maximum atomic E-state index is 12.6. The van der Waals surface area contributed by atoms with Crippen LogP contribution >= 0.6 is 0 Å². The Hall–Kier alpha value is -3.11. The molecule has 4 heteroatoms. The van der Waals surface area contributed by atoms with E-state index in [0.29, 0.717) is 13.2 Å². The molecule has 31 heavy (non-hydrogen) atoms. The van der Waals surface area contributed by atoms with Crippen LogP contribution in [0.4, 0.5) is 4.79 Å². The molecule has 5 rings (SSSR count). The Morgan fingerprint density at radius 2 is 1.55 bits per heavy atom. The van der Waals surface area contributed by atoms with Crippen molar-refractivity contribution in [2.45, 2.75) is 24.7 Å². The number of carbonyl (C=O) groups is 1. The Bertz CT molecular complexity index is 1030. The molecule has 1 saturated carbocycles. The fourth-order valence-corrected chi connectivity index (χ4v) is 5.26. The molecular weight excluding hydrogens is 386 g/mol. The van der Waals surface area contributed by atoms with Crippen LogP contribution in [-0.4, -0.2) is 31.0 Å². The van der Waals surface area contributed by atoms with Crippen LogP contribution in [0.2, 0.25) is 0 Å². The first-order chi connectivity index (χ1) is 15.2. The molecule has 2 aliphatic rings. The Morgan fingerprint density at radius 3 is 2.13 bits per heavy atom. The summed E-state index contributed by atoms with van der Waals surface area (Å²) < 4.78 is 5.66. The normalized spacial score (nSPS) is 21.6. The summed E-state index contributed by atoms with van der Waals surface area (Å²) in [7, 11) is 0. The molecule has 0 spiro atoms. The van der Waals surface area contributed by atoms with Crippen LogP contribution < -0.4 is 5.32 Å². The van der Waals surface area contributed by atoms with Gasteiger partial charge in [-0.25, -0.2) is 4.79 Å². The molecule has 2 N–H and O–H groups in total. The van der Waals surface area contributed by atoms with Crippen molar-refractivity contribution >= 4 is 6.09 Å². The number of rotatable bonds is 6. The Labute approximate surface area is 182 Å². The number of nitrogens with one attached hydrogen (secondary N) is 1. The molecule has 0 heterocycles. The highest BCUT2D eigenvalue weighted by Crippen LogP contribution is 2.52. The maximum Gasteiger partial charge on any atom is 0.407 e. The lowest BCUT2D eigenvalue weighted by molar-refractivity contribution is 0.0156. The van der Waals surface area contributed by atoms with E-state index in [4.69, 9.17) is 4.74 Å². The van der Waals surface area contributed by atoms with Crippen molar-refractivity contribution in [1.29, 1.82) is 0 Å². The van der Waals surface area contributed by atoms with Gasteiger partial charge in [0.15, 0.2) is 0 Å². The first kappa shape index (κ1) is 19.8. The Morgan fingerprint density at radius 1 is 0.935 bits per heavy atom. The molecule has 1 fully saturated rings. The van der Waals surface area contributed by atoms with Crippen molar-refractivity contribution < 1.29 is 14.6 Å². The molecule has 0 aromatic heterocycles. The van der Waals surface area contributed by atoms with E-state index in [2.05, 4.69) is 41.7 Å². The quantitative estimate of drug-likeness (QED) is 0.592. The van der Waals surface area contributed by atoms with Crippen molar-refractivity contribution in [3.63, 3.8) is 0 Å². The average molecular weight is 414 g/mol. The van der Waals surface area contributed by atoms with Crippen LogP contribution in [0.1, 0.15) is 41.4 Å². The summed E-state index contributed by atoms with van der Waals surface area (Å²) in [4.78, 5) is 12.6. The number of alkyl carbamates (subject to hydrolysis) is 1. The van der Waals surface area contributed by atoms with Gasteiger partial charge in [-0.2, -0.15) is 0 Å². The number of fused-ring (bicyclic) bond motifs is 3. The van der Waals surface area contributed by atoms with E-state index in [1.807, 2.05) is 42.5 Å². The molecule has 0 bridgehead atoms. The van der Waals surface area contributed by atoms with Crippen molar-refractivity contribution in [2.24, 2.45) is 5.41 Å². The predicted octanol–water partition coefficient (Wildman–Crippen LogP) is 5.08. The second-order valence-electron chi connectivity index (χ2n) is 8.70. The van der Waals surface area contributed by atoms with E-state index in [1.165, 1.54) is 27.8 Å². The monoisotopic (exact) mass is 413 g/mol. The molecule has 0 radical (unpaired) electrons. The number of amides is 1. The molecule has 0 saturated heterocycles. The van der Waals surface area contributed by atoms with Gasteiger partial charge < -0.3 is 15.2 Å². The fraction of sp³-hybridized carbons (Fsp3) is 0.296. The standard InChI is InChI=1S/C27H27NO3/c29-18-27(15-14-25(27)19-8-2-1-3-9-19)17-28-26(30)31-16-24-22-12-6-4-10-20(22)21-11-5-7-13-23(21)24/h1-13,24-25,29H,14-18H2,(H,28,30)/t25-,27-/m0/s1. The number of hydrogen-bond acceptors (Lipinski definition) is 3. The smallest absolute Gasteiger partial charge is 0.407 e. The summed E-state index contributed by atoms with van der Waals surface area (Å²) in [6.45, 7) is 0.768. The first-order valence-electron chi connectivity index (χ1n) is 11.0. The van der Waals surface area contributed by atoms with E-state index >= 15 is 0 Å². The van der Waals surface area contributed by atoms with E-state index < -0.39 is 6.09 Å². The van der Waals surface area contributed by atoms with Crippen LogP contribution in [0.5, 0.6) is 0 Å². The third-order valence-electron chi connectivity index (χ3n) is 7.12. The van der Waals surface area contributed by atoms with Crippen molar-refractivity contribution in [1.82, 2.24) is 5.32 Å². The molecule has 2 atom stereocenters. The number of aliphatic hydroxyl groups is 1. The molecule has 0 unspecified atom stereocenters. The largest absolute Gasteiger partial charge is 0.449 e. The number of hydrogen-bond donors (Lipinski definition) is 2. The minimum absolute atomic E-state index is 0.0470. The van der Waals surface area contributed by atoms with Crippen molar-refractivity contribution in [2.75, 3.05) is 19.8 Å². The number of benzene rings is 3. The molecule has 1 amide bonds. The SMILES string of the molecule is O=C(NC[C@]1(CO)CC[C@H]1c1ccccc1)OCC1c2ccccc2-c2ccccc21. The van der Waals surface area contributed by atoms with Crippen molar-refractivity contribution in [3.8, 4) is 11.1 Å². The van der Waals surface area contributed by atoms with Crippen LogP contribution in [0, 0.1) is 5.41 Å². The molecule has 4 nitrogen and oxygen atoms in total. The summed E-state index contributed by atoms with van der Waals surface area (Å²) >= 11 is 0. The van der Waals surface area contributed by atoms with Gasteiger partial charge in [-0.15, -0.1) is 0 Å². The third kappa shape index (κ3) is 3.51. The first-order valence-corrected chi connectivity index (χ1v) is 11.0. The summed E-state index contributed by atoms with van der Waals surface area (Å²) in [6, 6.07) is 26.9. The van der Waals surface area contributed by atoms with Crippen LogP contribution in [0.25, 0.3) is 11.1 Å². The summed E-state index contributed by atoms with van der Waals surface area (Å²) in [5.74, 6) is 0.304. The van der Waals surface area contributed by atoms with Crippen molar-refractivity contribution in [3.05, 3.63) is 95.6 Å². The second-order valence-corrected chi connectivity index (χ2v) is 8.70. The highest BCUT2D eigenvalue weighted by Gasteiger charge is 2.47. The van der Waals surface area contributed by atoms with E-state index in [1.54, 1.807) is 0 Å². The number of carbonyl (C=O) groups excluding carboxylic acids is 1. The van der Waals surface area contributed by atoms with Gasteiger partial charge in [0, 0.05) is 17.9 Å². The van der Waals surface area contributed by atoms with Crippen LogP contribution in [0.3, 0.4) is 0 Å². The minimum Gasteiger partial charge on any atom is -0.449 e. The zero-order valence-corrected chi connectivity index (χ0v) is 17.5. The van der Waals surface area contributed by atoms with Gasteiger partial charge in [-0.1, -0.05) is 78.9 Å². The highest BCUT2D eigenvalue weighted by atomic mass is 16.5. The topological polar surface area (TPSA) is 58.6 Å². The van der Waals surface area contributed by atoms with E-state index in [9.17, 15) is 9.90 Å². The van der Waals surface area contributed by atoms with Gasteiger partial charge >= 0.3 is 6.09 Å². The lowest BCUT2D eigenvalue weighted by atomic mass is 9.58. The zero-order chi connectivity index (χ0) is 21.3. The fourth-order valence-electron chi connectivity index (χ4n) is 5.26. The highest BCUT2D eigenvalue weighted by molar-refractivity contribution is 5.79. The van der Waals surface area contributed by atoms with Gasteiger partial charge in [0.1, 0.15) is 6.61 Å². The second kappa shape index (κ2) is 8.20. The lowest BCUT2D eigenvalue weighted by Gasteiger charge is -2.49. The Balaban J connectivity index is 1.23. The predicted molar refractivity (Wildman–Crippen MR) is 121 cm³/mol. The zero-order valence-electron chi connectivity index (χ0n) is 17.5. The molecule has 158 valence electrons. The average Bonchev–Trinajstić information content (AvgIpc) is 3.12. The van der Waals surface area contributed by atoms with Gasteiger partial charge in [-0.05, 0) is 46.6 Å². The number of aliphatic hydroxyl groups excluding tert-OH is 1. The van der Waals surface area contributed by atoms with Crippen LogP contribution in [-0.2, 0) is 4.74 Å². The minimum atomic E-state index is -0.423. The van der Waals surface area contributed by atoms with E-state index in [0.717, 1.165) is 12.8 Å². The summed E-state index contributed by atoms with van der Waals surface area (Å²) in [5, 5.41) is 13.0. The number of ether oxygens (including phenoxy) is 1. The van der Waals surface area contributed by atoms with Crippen LogP contribution in [0.15, 0.2) is 78.9 Å². The summed E-state index contributed by atoms with van der Waals surface area (Å²) in [6.07, 6.45) is 1.50. The van der Waals surface area contributed by atoms with E-state index in [-0.39, 0.29) is 23.9 Å². The van der Waals surface area contributed by atoms with Gasteiger partial charge in [-0.3, -0.25) is 0 Å². The Kier molecular flexibility index (Phi) is 5.24. The van der Waals surface area contributed by atoms with Gasteiger partial charge in [0.25, 0.3) is 0 Å². The molecule has 2 aliphatic carbocycles. The molecule has 3 aromatic rings. The molecule has 3 aromatic carbocycles. The third-order valence-corrected chi connectivity index (χ3v) is 7.12.